The minimum atomic E-state index is -0.814. The van der Waals surface area contributed by atoms with Crippen LogP contribution in [0.25, 0.3) is 9.75 Å². The lowest BCUT2D eigenvalue weighted by Gasteiger charge is -2.47. The number of nitrogens with one attached hydrogen (secondary N) is 2. The summed E-state index contributed by atoms with van der Waals surface area (Å²) in [5.74, 6) is 6.71. The van der Waals surface area contributed by atoms with Crippen LogP contribution in [-0.2, 0) is 6.42 Å². The van der Waals surface area contributed by atoms with Gasteiger partial charge in [-0.1, -0.05) is 18.8 Å². The first-order valence-corrected chi connectivity index (χ1v) is 20.5. The minimum Gasteiger partial charge on any atom is -0.508 e. The highest BCUT2D eigenvalue weighted by Gasteiger charge is 2.53. The topological polar surface area (TPSA) is 160 Å². The fourth-order valence-corrected chi connectivity index (χ4v) is 11.0. The van der Waals surface area contributed by atoms with Gasteiger partial charge in [-0.2, -0.15) is 0 Å². The number of aliphatic hydroxyl groups excluding tert-OH is 3. The zero-order valence-corrected chi connectivity index (χ0v) is 31.9. The van der Waals surface area contributed by atoms with Crippen LogP contribution in [0, 0.1) is 35.0 Å². The number of rotatable bonds is 13. The number of thiophene rings is 2. The normalized spacial score (nSPS) is 25.4. The summed E-state index contributed by atoms with van der Waals surface area (Å²) in [5.41, 5.74) is 7.96. The molecule has 0 bridgehead atoms. The van der Waals surface area contributed by atoms with Gasteiger partial charge >= 0.3 is 0 Å². The van der Waals surface area contributed by atoms with E-state index in [1.165, 1.54) is 0 Å². The highest BCUT2D eigenvalue weighted by Crippen LogP contribution is 2.58. The smallest absolute Gasteiger partial charge is 0.189 e. The van der Waals surface area contributed by atoms with Crippen molar-refractivity contribution in [3.05, 3.63) is 57.8 Å². The van der Waals surface area contributed by atoms with Crippen LogP contribution >= 0.6 is 22.7 Å². The van der Waals surface area contributed by atoms with Crippen molar-refractivity contribution in [2.24, 2.45) is 33.9 Å². The number of nitrogens with two attached hydrogens (primary N) is 1. The first kappa shape index (κ1) is 38.3. The monoisotopic (exact) mass is 746 g/mol. The lowest BCUT2D eigenvalue weighted by molar-refractivity contribution is 0.0187. The van der Waals surface area contributed by atoms with Crippen LogP contribution in [0.3, 0.4) is 0 Å². The summed E-state index contributed by atoms with van der Waals surface area (Å²) >= 11 is 3.18. The van der Waals surface area contributed by atoms with E-state index in [0.29, 0.717) is 31.8 Å². The van der Waals surface area contributed by atoms with Crippen LogP contribution in [0.5, 0.6) is 5.75 Å². The predicted molar refractivity (Wildman–Crippen MR) is 211 cm³/mol. The molecule has 2 aromatic heterocycles. The zero-order chi connectivity index (χ0) is 36.8. The van der Waals surface area contributed by atoms with E-state index in [0.717, 1.165) is 82.1 Å². The van der Waals surface area contributed by atoms with Crippen LogP contribution in [-0.4, -0.2) is 69.6 Å². The number of aliphatic imine (C=N–C) groups is 1. The van der Waals surface area contributed by atoms with E-state index in [1.807, 2.05) is 31.2 Å². The standard InChI is InChI=1S/C41H54N4O5S2/c1-3-6-32-10-12-36(51-32)37-13-14-38(52-37)39(50)33-11-9-27(21-41(33)16-15-28(22-41)35(49)24-46)34(45-40(42)44-29-7-4-5-8-29)19-26-17-30(20-31(48)18-26)43-23-25(2)47/h10,12-14,17-18,20,25,27-29,33-35,43,46-49H,4-5,7-9,11,15-16,19,21-24H2,1-2H3,(H3,42,44,45)/t25-,27-,28-,33+,34-,35+,41+/m0/s1. The van der Waals surface area contributed by atoms with E-state index < -0.39 is 12.2 Å². The summed E-state index contributed by atoms with van der Waals surface area (Å²) in [6.07, 6.45) is 8.18. The van der Waals surface area contributed by atoms with Gasteiger partial charge in [-0.05, 0) is 131 Å². The van der Waals surface area contributed by atoms with E-state index >= 15 is 0 Å². The molecule has 7 atom stereocenters. The molecule has 52 heavy (non-hydrogen) atoms. The van der Waals surface area contributed by atoms with Crippen LogP contribution in [0.15, 0.2) is 47.5 Å². The molecule has 0 aliphatic heterocycles. The number of ketones is 1. The van der Waals surface area contributed by atoms with Crippen LogP contribution in [0.2, 0.25) is 0 Å². The second kappa shape index (κ2) is 17.2. The number of aromatic hydroxyl groups is 1. The SMILES string of the molecule is CC#Cc1ccc(-c2ccc(C(=O)[C@H]3CC[C@H]([C@H](Cc4cc(O)cc(NC[C@H](C)O)c4)NC(N)=NC4CCCC4)C[C@@]34CC[C@H]([C@H](O)CO)C4)s2)s1. The molecule has 0 radical (unpaired) electrons. The Kier molecular flexibility index (Phi) is 12.7. The summed E-state index contributed by atoms with van der Waals surface area (Å²) < 4.78 is 0. The molecule has 1 aromatic carbocycles. The fraction of sp³-hybridized carbons (Fsp3) is 0.561. The number of anilines is 1. The van der Waals surface area contributed by atoms with E-state index in [2.05, 4.69) is 28.5 Å². The minimum absolute atomic E-state index is 0.0730. The number of benzene rings is 1. The highest BCUT2D eigenvalue weighted by molar-refractivity contribution is 7.23. The Hall–Kier alpha value is -3.40. The van der Waals surface area contributed by atoms with Crippen LogP contribution < -0.4 is 16.4 Å². The van der Waals surface area contributed by atoms with Gasteiger partial charge in [0.15, 0.2) is 11.7 Å². The van der Waals surface area contributed by atoms with Gasteiger partial charge in [0.1, 0.15) is 5.75 Å². The van der Waals surface area contributed by atoms with Gasteiger partial charge in [0.2, 0.25) is 0 Å². The van der Waals surface area contributed by atoms with Gasteiger partial charge in [0, 0.05) is 40.0 Å². The molecular weight excluding hydrogens is 693 g/mol. The number of hydrogen-bond donors (Lipinski definition) is 7. The summed E-state index contributed by atoms with van der Waals surface area (Å²) in [7, 11) is 0. The number of phenols is 1. The van der Waals surface area contributed by atoms with Crippen molar-refractivity contribution >= 4 is 40.1 Å². The van der Waals surface area contributed by atoms with Gasteiger partial charge < -0.3 is 36.8 Å². The molecule has 2 heterocycles. The Morgan fingerprint density at radius 1 is 1.02 bits per heavy atom. The maximum Gasteiger partial charge on any atom is 0.189 e. The highest BCUT2D eigenvalue weighted by atomic mass is 32.1. The molecule has 0 saturated heterocycles. The van der Waals surface area contributed by atoms with Crippen molar-refractivity contribution in [3.63, 3.8) is 0 Å². The lowest BCUT2D eigenvalue weighted by atomic mass is 9.58. The van der Waals surface area contributed by atoms with Crippen molar-refractivity contribution in [2.45, 2.75) is 109 Å². The molecule has 3 fully saturated rings. The Morgan fingerprint density at radius 3 is 2.52 bits per heavy atom. The predicted octanol–water partition coefficient (Wildman–Crippen LogP) is 6.54. The van der Waals surface area contributed by atoms with Crippen molar-refractivity contribution in [1.82, 2.24) is 5.32 Å². The maximum atomic E-state index is 14.6. The zero-order valence-electron chi connectivity index (χ0n) is 30.3. The number of Topliss-reactive ketones (excluding diaryl/α,β-unsaturated/α-hetero) is 1. The fourth-order valence-electron chi connectivity index (χ4n) is 9.03. The number of phenolic OH excluding ortho intramolecular Hbond substituents is 1. The molecular formula is C41H54N4O5S2. The molecule has 11 heteroatoms. The van der Waals surface area contributed by atoms with Gasteiger partial charge in [-0.3, -0.25) is 9.79 Å². The number of aliphatic hydroxyl groups is 3. The summed E-state index contributed by atoms with van der Waals surface area (Å²) in [6, 6.07) is 13.7. The number of carbonyl (C=O) groups is 1. The molecule has 3 saturated carbocycles. The molecule has 280 valence electrons. The first-order chi connectivity index (χ1) is 25.1. The Labute approximate surface area is 315 Å². The summed E-state index contributed by atoms with van der Waals surface area (Å²) in [5, 5.41) is 48.1. The van der Waals surface area contributed by atoms with Crippen molar-refractivity contribution < 1.29 is 25.2 Å². The van der Waals surface area contributed by atoms with Gasteiger partial charge in [-0.15, -0.1) is 28.6 Å². The molecule has 8 N–H and O–H groups in total. The molecule has 3 aliphatic carbocycles. The first-order valence-electron chi connectivity index (χ1n) is 18.9. The van der Waals surface area contributed by atoms with Gasteiger partial charge in [0.05, 0.1) is 34.6 Å². The molecule has 9 nitrogen and oxygen atoms in total. The van der Waals surface area contributed by atoms with Crippen molar-refractivity contribution in [1.29, 1.82) is 0 Å². The van der Waals surface area contributed by atoms with Crippen LogP contribution in [0.4, 0.5) is 5.69 Å². The Balaban J connectivity index is 1.28. The third kappa shape index (κ3) is 9.20. The van der Waals surface area contributed by atoms with E-state index in [-0.39, 0.29) is 53.4 Å². The van der Waals surface area contributed by atoms with E-state index in [1.54, 1.807) is 41.7 Å². The molecule has 0 unspecified atom stereocenters. The van der Waals surface area contributed by atoms with Gasteiger partial charge in [0.25, 0.3) is 0 Å². The molecule has 3 aliphatic rings. The van der Waals surface area contributed by atoms with Crippen molar-refractivity contribution in [3.8, 4) is 27.3 Å². The summed E-state index contributed by atoms with van der Waals surface area (Å²) in [6.45, 7) is 3.62. The molecule has 0 amide bonds. The second-order valence-corrected chi connectivity index (χ2v) is 17.5. The third-order valence-electron chi connectivity index (χ3n) is 11.5. The van der Waals surface area contributed by atoms with E-state index in [4.69, 9.17) is 10.7 Å². The number of carbonyl (C=O) groups excluding carboxylic acids is 1. The third-order valence-corrected chi connectivity index (χ3v) is 13.8. The number of guanidine groups is 1. The quantitative estimate of drug-likeness (QED) is 0.0449. The second-order valence-electron chi connectivity index (χ2n) is 15.3. The van der Waals surface area contributed by atoms with Crippen molar-refractivity contribution in [2.75, 3.05) is 18.5 Å². The van der Waals surface area contributed by atoms with Crippen LogP contribution in [0.1, 0.15) is 98.2 Å². The number of hydrogen-bond acceptors (Lipinski definition) is 9. The molecule has 6 rings (SSSR count). The summed E-state index contributed by atoms with van der Waals surface area (Å²) in [4.78, 5) is 23.4. The van der Waals surface area contributed by atoms with E-state index in [9.17, 15) is 25.2 Å². The maximum absolute atomic E-state index is 14.6. The molecule has 3 aromatic rings. The molecule has 1 spiro atoms. The largest absolute Gasteiger partial charge is 0.508 e. The Bertz CT molecular complexity index is 1770. The van der Waals surface area contributed by atoms with Gasteiger partial charge in [-0.25, -0.2) is 0 Å². The average molecular weight is 747 g/mol. The lowest BCUT2D eigenvalue weighted by Crippen LogP contribution is -2.50. The Morgan fingerprint density at radius 2 is 1.77 bits per heavy atom. The number of nitrogens with zero attached hydrogens (tertiary/aromatic N) is 1. The average Bonchev–Trinajstić information content (AvgIpc) is 3.95.